The van der Waals surface area contributed by atoms with E-state index in [-0.39, 0.29) is 11.9 Å². The highest BCUT2D eigenvalue weighted by molar-refractivity contribution is 7.99. The molecule has 0 bridgehead atoms. The van der Waals surface area contributed by atoms with Crippen LogP contribution in [0.2, 0.25) is 0 Å². The topological polar surface area (TPSA) is 78.9 Å². The summed E-state index contributed by atoms with van der Waals surface area (Å²) in [4.78, 5) is 24.4. The quantitative estimate of drug-likeness (QED) is 0.702. The van der Waals surface area contributed by atoms with Crippen LogP contribution in [0.1, 0.15) is 6.42 Å². The van der Waals surface area contributed by atoms with Gasteiger partial charge in [0, 0.05) is 24.8 Å². The minimum absolute atomic E-state index is 0.0105. The zero-order chi connectivity index (χ0) is 12.3. The van der Waals surface area contributed by atoms with E-state index in [1.165, 1.54) is 16.7 Å². The number of carboxylic acid groups (broad SMARTS) is 1. The van der Waals surface area contributed by atoms with E-state index >= 15 is 0 Å². The van der Waals surface area contributed by atoms with Crippen molar-refractivity contribution in [2.75, 3.05) is 31.4 Å². The Hall–Kier alpha value is -0.790. The van der Waals surface area contributed by atoms with Gasteiger partial charge in [-0.2, -0.15) is 0 Å². The predicted octanol–water partition coefficient (Wildman–Crippen LogP) is -0.649. The van der Waals surface area contributed by atoms with Crippen LogP contribution in [-0.2, 0) is 14.3 Å². The van der Waals surface area contributed by atoms with Crippen molar-refractivity contribution in [1.29, 1.82) is 0 Å². The van der Waals surface area contributed by atoms with E-state index < -0.39 is 12.0 Å². The fourth-order valence-corrected chi connectivity index (χ4v) is 3.14. The molecule has 2 aliphatic heterocycles. The van der Waals surface area contributed by atoms with Gasteiger partial charge in [0.2, 0.25) is 5.91 Å². The average molecular weight is 260 g/mol. The SMILES string of the molecule is O=C(O)[C@@H]1CSCN1C(=O)CC1COCCN1. The molecule has 17 heavy (non-hydrogen) atoms. The molecule has 2 N–H and O–H groups in total. The second kappa shape index (κ2) is 5.70. The van der Waals surface area contributed by atoms with Gasteiger partial charge in [-0.05, 0) is 0 Å². The number of hydrogen-bond acceptors (Lipinski definition) is 5. The number of aliphatic carboxylic acids is 1. The van der Waals surface area contributed by atoms with E-state index in [1.54, 1.807) is 0 Å². The van der Waals surface area contributed by atoms with E-state index in [0.29, 0.717) is 31.3 Å². The Kier molecular flexibility index (Phi) is 4.25. The van der Waals surface area contributed by atoms with Crippen molar-refractivity contribution in [3.8, 4) is 0 Å². The first-order valence-electron chi connectivity index (χ1n) is 5.59. The lowest BCUT2D eigenvalue weighted by Gasteiger charge is -2.26. The Morgan fingerprint density at radius 1 is 1.53 bits per heavy atom. The number of nitrogens with zero attached hydrogens (tertiary/aromatic N) is 1. The summed E-state index contributed by atoms with van der Waals surface area (Å²) in [5.74, 6) is -0.0689. The third kappa shape index (κ3) is 3.11. The summed E-state index contributed by atoms with van der Waals surface area (Å²) in [6, 6.07) is -0.659. The minimum atomic E-state index is -0.920. The summed E-state index contributed by atoms with van der Waals surface area (Å²) < 4.78 is 5.27. The monoisotopic (exact) mass is 260 g/mol. The Bertz CT molecular complexity index is 307. The molecule has 6 nitrogen and oxygen atoms in total. The van der Waals surface area contributed by atoms with Crippen molar-refractivity contribution in [3.63, 3.8) is 0 Å². The number of amides is 1. The molecule has 2 saturated heterocycles. The highest BCUT2D eigenvalue weighted by Gasteiger charge is 2.35. The van der Waals surface area contributed by atoms with Gasteiger partial charge in [-0.3, -0.25) is 4.79 Å². The molecule has 0 aromatic heterocycles. The van der Waals surface area contributed by atoms with E-state index in [1.807, 2.05) is 0 Å². The van der Waals surface area contributed by atoms with Gasteiger partial charge in [-0.25, -0.2) is 4.79 Å². The highest BCUT2D eigenvalue weighted by atomic mass is 32.2. The lowest BCUT2D eigenvalue weighted by atomic mass is 10.1. The molecule has 1 unspecified atom stereocenters. The molecule has 0 radical (unpaired) electrons. The first-order valence-corrected chi connectivity index (χ1v) is 6.75. The molecule has 2 rings (SSSR count). The average Bonchev–Trinajstić information content (AvgIpc) is 2.79. The first kappa shape index (κ1) is 12.7. The number of ether oxygens (including phenoxy) is 1. The van der Waals surface area contributed by atoms with Gasteiger partial charge in [0.25, 0.3) is 0 Å². The van der Waals surface area contributed by atoms with Gasteiger partial charge in [0.1, 0.15) is 6.04 Å². The van der Waals surface area contributed by atoms with Gasteiger partial charge < -0.3 is 20.1 Å². The van der Waals surface area contributed by atoms with Gasteiger partial charge in [0.05, 0.1) is 19.1 Å². The molecule has 2 fully saturated rings. The molecule has 96 valence electrons. The Balaban J connectivity index is 1.88. The molecule has 0 saturated carbocycles. The number of nitrogens with one attached hydrogen (secondary N) is 1. The maximum Gasteiger partial charge on any atom is 0.327 e. The van der Waals surface area contributed by atoms with Gasteiger partial charge in [0.15, 0.2) is 0 Å². The van der Waals surface area contributed by atoms with E-state index in [0.717, 1.165) is 6.54 Å². The number of carbonyl (C=O) groups excluding carboxylic acids is 1. The van der Waals surface area contributed by atoms with Crippen molar-refractivity contribution in [2.45, 2.75) is 18.5 Å². The lowest BCUT2D eigenvalue weighted by Crippen LogP contribution is -2.47. The van der Waals surface area contributed by atoms with Crippen molar-refractivity contribution >= 4 is 23.6 Å². The second-order valence-corrected chi connectivity index (χ2v) is 5.15. The molecule has 2 heterocycles. The molecule has 0 aromatic carbocycles. The lowest BCUT2D eigenvalue weighted by molar-refractivity contribution is -0.148. The summed E-state index contributed by atoms with van der Waals surface area (Å²) in [6.45, 7) is 1.93. The van der Waals surface area contributed by atoms with Crippen molar-refractivity contribution in [2.24, 2.45) is 0 Å². The van der Waals surface area contributed by atoms with E-state index in [2.05, 4.69) is 5.32 Å². The van der Waals surface area contributed by atoms with Crippen molar-refractivity contribution in [3.05, 3.63) is 0 Å². The van der Waals surface area contributed by atoms with E-state index in [4.69, 9.17) is 9.84 Å². The van der Waals surface area contributed by atoms with Crippen LogP contribution in [0.15, 0.2) is 0 Å². The van der Waals surface area contributed by atoms with Crippen LogP contribution in [0, 0.1) is 0 Å². The van der Waals surface area contributed by atoms with Crippen LogP contribution in [0.5, 0.6) is 0 Å². The van der Waals surface area contributed by atoms with Gasteiger partial charge in [-0.15, -0.1) is 11.8 Å². The van der Waals surface area contributed by atoms with E-state index in [9.17, 15) is 9.59 Å². The minimum Gasteiger partial charge on any atom is -0.480 e. The summed E-state index contributed by atoms with van der Waals surface area (Å²) in [5.41, 5.74) is 0. The fourth-order valence-electron chi connectivity index (χ4n) is 1.97. The van der Waals surface area contributed by atoms with Crippen LogP contribution in [0.25, 0.3) is 0 Å². The zero-order valence-electron chi connectivity index (χ0n) is 9.42. The van der Waals surface area contributed by atoms with Crippen LogP contribution < -0.4 is 5.32 Å². The van der Waals surface area contributed by atoms with Crippen LogP contribution in [0.3, 0.4) is 0 Å². The zero-order valence-corrected chi connectivity index (χ0v) is 10.2. The third-order valence-corrected chi connectivity index (χ3v) is 3.92. The molecule has 1 amide bonds. The first-order chi connectivity index (χ1) is 8.18. The normalized spacial score (nSPS) is 29.3. The Labute approximate surface area is 104 Å². The van der Waals surface area contributed by atoms with Crippen molar-refractivity contribution < 1.29 is 19.4 Å². The summed E-state index contributed by atoms with van der Waals surface area (Å²) in [7, 11) is 0. The summed E-state index contributed by atoms with van der Waals surface area (Å²) in [6.07, 6.45) is 0.310. The van der Waals surface area contributed by atoms with Crippen LogP contribution >= 0.6 is 11.8 Å². The summed E-state index contributed by atoms with van der Waals surface area (Å²) >= 11 is 1.48. The fraction of sp³-hybridized carbons (Fsp3) is 0.800. The molecule has 0 aromatic rings. The number of thioether (sulfide) groups is 1. The maximum absolute atomic E-state index is 12.0. The summed E-state index contributed by atoms with van der Waals surface area (Å²) in [5, 5.41) is 12.2. The standard InChI is InChI=1S/C10H16N2O4S/c13-9(3-7-4-16-2-1-11-7)12-6-17-5-8(12)10(14)15/h7-8,11H,1-6H2,(H,14,15)/t7?,8-/m0/s1. The third-order valence-electron chi connectivity index (χ3n) is 2.91. The molecular weight excluding hydrogens is 244 g/mol. The van der Waals surface area contributed by atoms with Crippen molar-refractivity contribution in [1.82, 2.24) is 10.2 Å². The number of rotatable bonds is 3. The highest BCUT2D eigenvalue weighted by Crippen LogP contribution is 2.22. The maximum atomic E-state index is 12.0. The van der Waals surface area contributed by atoms with Crippen LogP contribution in [0.4, 0.5) is 0 Å². The van der Waals surface area contributed by atoms with Gasteiger partial charge in [-0.1, -0.05) is 0 Å². The van der Waals surface area contributed by atoms with Crippen LogP contribution in [-0.4, -0.2) is 65.4 Å². The van der Waals surface area contributed by atoms with Gasteiger partial charge >= 0.3 is 5.97 Å². The molecule has 7 heteroatoms. The Morgan fingerprint density at radius 3 is 3.00 bits per heavy atom. The number of carbonyl (C=O) groups is 2. The second-order valence-electron chi connectivity index (χ2n) is 4.15. The molecule has 2 aliphatic rings. The Morgan fingerprint density at radius 2 is 2.35 bits per heavy atom. The molecule has 0 spiro atoms. The number of carboxylic acids is 1. The number of morpholine rings is 1. The molecule has 0 aliphatic carbocycles. The largest absolute Gasteiger partial charge is 0.480 e. The smallest absolute Gasteiger partial charge is 0.327 e. The molecule has 2 atom stereocenters. The number of hydrogen-bond donors (Lipinski definition) is 2. The predicted molar refractivity (Wildman–Crippen MR) is 62.8 cm³/mol. The molecular formula is C10H16N2O4S.